The molecular formula is C14H16ClF3O5S2. The maximum atomic E-state index is 13.1. The standard InChI is InChI=1S/C14H16ClF3O5S2/c1-13(10(8-24(19)20)5-6-23-12(13)15)25(21,22)11-4-2-3-9(7-11)14(16,17)18/h2-4,7,10,12H,5-6,8H2,1H3,(H,19,20). The molecule has 1 saturated heterocycles. The van der Waals surface area contributed by atoms with Crippen LogP contribution in [0.2, 0.25) is 0 Å². The molecule has 4 atom stereocenters. The molecule has 1 aliphatic rings. The molecule has 0 radical (unpaired) electrons. The molecule has 1 fully saturated rings. The van der Waals surface area contributed by atoms with Crippen LogP contribution < -0.4 is 0 Å². The fourth-order valence-corrected chi connectivity index (χ4v) is 6.39. The van der Waals surface area contributed by atoms with E-state index in [2.05, 4.69) is 0 Å². The third-order valence-corrected chi connectivity index (χ3v) is 8.36. The smallest absolute Gasteiger partial charge is 0.361 e. The van der Waals surface area contributed by atoms with E-state index in [9.17, 15) is 25.8 Å². The topological polar surface area (TPSA) is 80.7 Å². The predicted molar refractivity (Wildman–Crippen MR) is 86.4 cm³/mol. The highest BCUT2D eigenvalue weighted by atomic mass is 35.5. The quantitative estimate of drug-likeness (QED) is 0.598. The average Bonchev–Trinajstić information content (AvgIpc) is 2.50. The maximum Gasteiger partial charge on any atom is 0.416 e. The lowest BCUT2D eigenvalue weighted by Gasteiger charge is -2.43. The zero-order valence-electron chi connectivity index (χ0n) is 13.0. The molecule has 11 heteroatoms. The van der Waals surface area contributed by atoms with Crippen LogP contribution in [0, 0.1) is 5.92 Å². The Bertz CT molecular complexity index is 768. The van der Waals surface area contributed by atoms with E-state index in [1.807, 2.05) is 0 Å². The third-order valence-electron chi connectivity index (χ3n) is 4.39. The van der Waals surface area contributed by atoms with Crippen molar-refractivity contribution in [3.05, 3.63) is 29.8 Å². The van der Waals surface area contributed by atoms with E-state index in [0.29, 0.717) is 6.07 Å². The number of halogens is 4. The molecule has 1 N–H and O–H groups in total. The predicted octanol–water partition coefficient (Wildman–Crippen LogP) is 3.06. The van der Waals surface area contributed by atoms with Gasteiger partial charge in [0, 0.05) is 6.61 Å². The summed E-state index contributed by atoms with van der Waals surface area (Å²) in [5.41, 5.74) is -2.48. The summed E-state index contributed by atoms with van der Waals surface area (Å²) in [4.78, 5) is -0.560. The number of ether oxygens (including phenoxy) is 1. The summed E-state index contributed by atoms with van der Waals surface area (Å²) in [6.07, 6.45) is -4.56. The van der Waals surface area contributed by atoms with Crippen LogP contribution in [0.1, 0.15) is 18.9 Å². The van der Waals surface area contributed by atoms with Crippen molar-refractivity contribution in [2.45, 2.75) is 34.7 Å². The van der Waals surface area contributed by atoms with Crippen molar-refractivity contribution in [2.24, 2.45) is 5.92 Å². The molecule has 0 spiro atoms. The molecule has 1 aromatic rings. The first-order valence-corrected chi connectivity index (χ1v) is 10.3. The Kier molecular flexibility index (Phi) is 5.90. The Morgan fingerprint density at radius 2 is 2.08 bits per heavy atom. The summed E-state index contributed by atoms with van der Waals surface area (Å²) < 4.78 is 88.5. The maximum absolute atomic E-state index is 13.1. The molecule has 1 aromatic carbocycles. The highest BCUT2D eigenvalue weighted by Crippen LogP contribution is 2.44. The number of hydrogen-bond acceptors (Lipinski definition) is 4. The summed E-state index contributed by atoms with van der Waals surface area (Å²) in [5, 5.41) is 0. The van der Waals surface area contributed by atoms with E-state index in [0.717, 1.165) is 18.2 Å². The number of alkyl halides is 4. The Morgan fingerprint density at radius 1 is 1.44 bits per heavy atom. The molecule has 0 amide bonds. The first-order valence-electron chi connectivity index (χ1n) is 7.15. The minimum atomic E-state index is -4.71. The molecule has 2 rings (SSSR count). The molecule has 1 heterocycles. The lowest BCUT2D eigenvalue weighted by atomic mass is 9.90. The fourth-order valence-electron chi connectivity index (χ4n) is 2.81. The normalized spacial score (nSPS) is 29.4. The fraction of sp³-hybridized carbons (Fsp3) is 0.571. The first kappa shape index (κ1) is 20.6. The second-order valence-electron chi connectivity index (χ2n) is 5.87. The van der Waals surface area contributed by atoms with Crippen molar-refractivity contribution in [1.29, 1.82) is 0 Å². The van der Waals surface area contributed by atoms with Crippen molar-refractivity contribution < 1.29 is 35.1 Å². The SMILES string of the molecule is CC1(S(=O)(=O)c2cccc(C(F)(F)F)c2)C(CS(=O)O)CCOC1Cl. The Balaban J connectivity index is 2.56. The van der Waals surface area contributed by atoms with Crippen LogP contribution in [0.15, 0.2) is 29.2 Å². The van der Waals surface area contributed by atoms with E-state index in [1.165, 1.54) is 6.92 Å². The van der Waals surface area contributed by atoms with Gasteiger partial charge in [0.15, 0.2) is 26.5 Å². The molecule has 0 aliphatic carbocycles. The molecular weight excluding hydrogens is 405 g/mol. The lowest BCUT2D eigenvalue weighted by molar-refractivity contribution is -0.137. The average molecular weight is 421 g/mol. The summed E-state index contributed by atoms with van der Waals surface area (Å²) in [6, 6.07) is 3.33. The third kappa shape index (κ3) is 3.87. The first-order chi connectivity index (χ1) is 11.4. The molecule has 0 aromatic heterocycles. The monoisotopic (exact) mass is 420 g/mol. The molecule has 1 aliphatic heterocycles. The van der Waals surface area contributed by atoms with Crippen LogP contribution in [0.3, 0.4) is 0 Å². The van der Waals surface area contributed by atoms with Crippen LogP contribution >= 0.6 is 11.6 Å². The summed E-state index contributed by atoms with van der Waals surface area (Å²) >= 11 is 3.77. The second-order valence-corrected chi connectivity index (χ2v) is 9.60. The van der Waals surface area contributed by atoms with Crippen LogP contribution in [0.4, 0.5) is 13.2 Å². The number of sulfone groups is 1. The van der Waals surface area contributed by atoms with Gasteiger partial charge in [0.2, 0.25) is 0 Å². The Morgan fingerprint density at radius 3 is 2.64 bits per heavy atom. The summed E-state index contributed by atoms with van der Waals surface area (Å²) in [6.45, 7) is 1.32. The van der Waals surface area contributed by atoms with Crippen molar-refractivity contribution in [3.8, 4) is 0 Å². The Labute approximate surface area is 150 Å². The van der Waals surface area contributed by atoms with Gasteiger partial charge in [-0.25, -0.2) is 12.6 Å². The Hall–Kier alpha value is -0.680. The van der Waals surface area contributed by atoms with Crippen LogP contribution in [-0.2, 0) is 31.8 Å². The van der Waals surface area contributed by atoms with Gasteiger partial charge >= 0.3 is 6.18 Å². The number of rotatable bonds is 4. The van der Waals surface area contributed by atoms with Gasteiger partial charge < -0.3 is 9.29 Å². The van der Waals surface area contributed by atoms with Crippen LogP contribution in [-0.4, -0.2) is 39.8 Å². The van der Waals surface area contributed by atoms with Crippen LogP contribution in [0.5, 0.6) is 0 Å². The van der Waals surface area contributed by atoms with Crippen molar-refractivity contribution >= 4 is 32.5 Å². The van der Waals surface area contributed by atoms with Crippen LogP contribution in [0.25, 0.3) is 0 Å². The van der Waals surface area contributed by atoms with E-state index < -0.39 is 53.8 Å². The van der Waals surface area contributed by atoms with Gasteiger partial charge in [-0.1, -0.05) is 17.7 Å². The molecule has 0 bridgehead atoms. The summed E-state index contributed by atoms with van der Waals surface area (Å²) in [7, 11) is -4.39. The van der Waals surface area contributed by atoms with E-state index >= 15 is 0 Å². The summed E-state index contributed by atoms with van der Waals surface area (Å²) in [5.74, 6) is -1.23. The number of benzene rings is 1. The van der Waals surface area contributed by atoms with Gasteiger partial charge in [-0.15, -0.1) is 0 Å². The molecule has 142 valence electrons. The van der Waals surface area contributed by atoms with Crippen molar-refractivity contribution in [3.63, 3.8) is 0 Å². The molecule has 25 heavy (non-hydrogen) atoms. The molecule has 4 unspecified atom stereocenters. The largest absolute Gasteiger partial charge is 0.416 e. The highest BCUT2D eigenvalue weighted by molar-refractivity contribution is 7.93. The minimum absolute atomic E-state index is 0.0870. The van der Waals surface area contributed by atoms with E-state index in [1.54, 1.807) is 0 Å². The van der Waals surface area contributed by atoms with E-state index in [4.69, 9.17) is 20.9 Å². The van der Waals surface area contributed by atoms with Gasteiger partial charge in [0.05, 0.1) is 16.2 Å². The molecule has 5 nitrogen and oxygen atoms in total. The zero-order chi connectivity index (χ0) is 19.0. The van der Waals surface area contributed by atoms with Gasteiger partial charge in [0.25, 0.3) is 0 Å². The van der Waals surface area contributed by atoms with Gasteiger partial charge in [-0.2, -0.15) is 13.2 Å². The number of hydrogen-bond donors (Lipinski definition) is 1. The second kappa shape index (κ2) is 7.15. The zero-order valence-corrected chi connectivity index (χ0v) is 15.4. The van der Waals surface area contributed by atoms with Crippen molar-refractivity contribution in [2.75, 3.05) is 12.4 Å². The lowest BCUT2D eigenvalue weighted by Crippen LogP contribution is -2.56. The molecule has 0 saturated carbocycles. The minimum Gasteiger partial charge on any atom is -0.361 e. The van der Waals surface area contributed by atoms with E-state index in [-0.39, 0.29) is 18.8 Å². The van der Waals surface area contributed by atoms with Gasteiger partial charge in [0.1, 0.15) is 4.75 Å². The van der Waals surface area contributed by atoms with Gasteiger partial charge in [-0.3, -0.25) is 0 Å². The van der Waals surface area contributed by atoms with Gasteiger partial charge in [-0.05, 0) is 37.5 Å². The highest BCUT2D eigenvalue weighted by Gasteiger charge is 2.55. The van der Waals surface area contributed by atoms with Crippen molar-refractivity contribution in [1.82, 2.24) is 0 Å².